The van der Waals surface area contributed by atoms with Crippen LogP contribution in [0.2, 0.25) is 0 Å². The quantitative estimate of drug-likeness (QED) is 0.924. The van der Waals surface area contributed by atoms with Gasteiger partial charge in [0.15, 0.2) is 0 Å². The molecule has 0 bridgehead atoms. The minimum absolute atomic E-state index is 0.217. The van der Waals surface area contributed by atoms with Gasteiger partial charge in [-0.25, -0.2) is 4.98 Å². The highest BCUT2D eigenvalue weighted by Gasteiger charge is 2.22. The summed E-state index contributed by atoms with van der Waals surface area (Å²) in [6, 6.07) is 8.07. The largest absolute Gasteiger partial charge is 0.474 e. The lowest BCUT2D eigenvalue weighted by Crippen LogP contribution is -2.25. The normalized spacial score (nSPS) is 22.9. The maximum atomic E-state index is 9.18. The van der Waals surface area contributed by atoms with Crippen LogP contribution in [-0.4, -0.2) is 22.8 Å². The lowest BCUT2D eigenvalue weighted by Gasteiger charge is -2.27. The number of nitrogens with zero attached hydrogens (tertiary/aromatic N) is 1. The van der Waals surface area contributed by atoms with Crippen molar-refractivity contribution in [2.24, 2.45) is 5.92 Å². The zero-order chi connectivity index (χ0) is 13.9. The fourth-order valence-electron chi connectivity index (χ4n) is 2.83. The van der Waals surface area contributed by atoms with Crippen molar-refractivity contribution < 1.29 is 9.84 Å². The van der Waals surface area contributed by atoms with Crippen molar-refractivity contribution in [2.75, 3.05) is 6.61 Å². The molecule has 1 aliphatic carbocycles. The molecule has 1 N–H and O–H groups in total. The van der Waals surface area contributed by atoms with Gasteiger partial charge in [0.05, 0.1) is 0 Å². The number of pyridine rings is 1. The third kappa shape index (κ3) is 2.81. The summed E-state index contributed by atoms with van der Waals surface area (Å²) in [5.41, 5.74) is 0. The van der Waals surface area contributed by atoms with Crippen molar-refractivity contribution in [3.8, 4) is 5.88 Å². The van der Waals surface area contributed by atoms with E-state index in [0.29, 0.717) is 12.5 Å². The van der Waals surface area contributed by atoms with E-state index in [1.54, 1.807) is 6.20 Å². The molecule has 106 valence electrons. The molecule has 4 heteroatoms. The molecule has 1 aliphatic rings. The lowest BCUT2D eigenvalue weighted by molar-refractivity contribution is 0.102. The second-order valence-corrected chi connectivity index (χ2v) is 6.25. The van der Waals surface area contributed by atoms with Gasteiger partial charge in [-0.15, -0.1) is 0 Å². The summed E-state index contributed by atoms with van der Waals surface area (Å²) in [6.45, 7) is 0.298. The van der Waals surface area contributed by atoms with Crippen LogP contribution >= 0.6 is 15.9 Å². The van der Waals surface area contributed by atoms with Gasteiger partial charge in [-0.2, -0.15) is 0 Å². The minimum Gasteiger partial charge on any atom is -0.474 e. The van der Waals surface area contributed by atoms with E-state index < -0.39 is 0 Å². The van der Waals surface area contributed by atoms with Crippen molar-refractivity contribution in [3.63, 3.8) is 0 Å². The van der Waals surface area contributed by atoms with Gasteiger partial charge in [-0.1, -0.05) is 22.0 Å². The Balaban J connectivity index is 1.80. The van der Waals surface area contributed by atoms with Crippen LogP contribution in [0.5, 0.6) is 5.88 Å². The Labute approximate surface area is 127 Å². The van der Waals surface area contributed by atoms with Gasteiger partial charge < -0.3 is 9.84 Å². The molecule has 0 unspecified atom stereocenters. The average Bonchev–Trinajstić information content (AvgIpc) is 2.49. The summed E-state index contributed by atoms with van der Waals surface area (Å²) in [5, 5.41) is 11.4. The van der Waals surface area contributed by atoms with E-state index >= 15 is 0 Å². The molecule has 0 amide bonds. The van der Waals surface area contributed by atoms with E-state index in [1.165, 1.54) is 0 Å². The lowest BCUT2D eigenvalue weighted by atomic mass is 9.88. The number of aliphatic hydroxyl groups is 1. The van der Waals surface area contributed by atoms with Gasteiger partial charge in [0.2, 0.25) is 5.88 Å². The highest BCUT2D eigenvalue weighted by molar-refractivity contribution is 9.10. The van der Waals surface area contributed by atoms with Crippen LogP contribution in [0, 0.1) is 5.92 Å². The molecule has 1 fully saturated rings. The highest BCUT2D eigenvalue weighted by atomic mass is 79.9. The predicted octanol–water partition coefficient (Wildman–Crippen LogP) is 3.93. The zero-order valence-electron chi connectivity index (χ0n) is 11.3. The maximum absolute atomic E-state index is 9.18. The van der Waals surface area contributed by atoms with Crippen molar-refractivity contribution >= 4 is 26.7 Å². The topological polar surface area (TPSA) is 42.4 Å². The SMILES string of the molecule is OCC1CCC(Oc2nccc3c(Br)cccc23)CC1. The molecular formula is C16H18BrNO2. The molecule has 0 spiro atoms. The third-order valence-electron chi connectivity index (χ3n) is 4.05. The van der Waals surface area contributed by atoms with Gasteiger partial charge in [0.25, 0.3) is 0 Å². The Kier molecular flexibility index (Phi) is 4.22. The van der Waals surface area contributed by atoms with Crippen LogP contribution in [-0.2, 0) is 0 Å². The molecule has 1 aromatic carbocycles. The minimum atomic E-state index is 0.217. The van der Waals surface area contributed by atoms with Gasteiger partial charge in [-0.3, -0.25) is 0 Å². The van der Waals surface area contributed by atoms with E-state index in [-0.39, 0.29) is 6.10 Å². The molecule has 20 heavy (non-hydrogen) atoms. The highest BCUT2D eigenvalue weighted by Crippen LogP contribution is 2.32. The van der Waals surface area contributed by atoms with Gasteiger partial charge in [0, 0.05) is 28.0 Å². The van der Waals surface area contributed by atoms with Gasteiger partial charge in [-0.05, 0) is 49.8 Å². The number of benzene rings is 1. The first-order chi connectivity index (χ1) is 9.78. The molecule has 0 atom stereocenters. The summed E-state index contributed by atoms with van der Waals surface area (Å²) in [7, 11) is 0. The van der Waals surface area contributed by atoms with Crippen LogP contribution in [0.15, 0.2) is 34.9 Å². The molecule has 0 radical (unpaired) electrons. The smallest absolute Gasteiger partial charge is 0.221 e. The molecular weight excluding hydrogens is 318 g/mol. The fraction of sp³-hybridized carbons (Fsp3) is 0.438. The summed E-state index contributed by atoms with van der Waals surface area (Å²) >= 11 is 3.56. The molecule has 0 aliphatic heterocycles. The van der Waals surface area contributed by atoms with Crippen LogP contribution < -0.4 is 4.74 Å². The third-order valence-corrected chi connectivity index (χ3v) is 4.74. The molecule has 3 nitrogen and oxygen atoms in total. The van der Waals surface area contributed by atoms with E-state index in [2.05, 4.69) is 20.9 Å². The maximum Gasteiger partial charge on any atom is 0.221 e. The Bertz CT molecular complexity index is 594. The van der Waals surface area contributed by atoms with Crippen LogP contribution in [0.25, 0.3) is 10.8 Å². The Morgan fingerprint density at radius 2 is 1.95 bits per heavy atom. The number of ether oxygens (including phenoxy) is 1. The first kappa shape index (κ1) is 13.8. The van der Waals surface area contributed by atoms with Crippen molar-refractivity contribution in [3.05, 3.63) is 34.9 Å². The molecule has 3 rings (SSSR count). The Hall–Kier alpha value is -1.13. The first-order valence-electron chi connectivity index (χ1n) is 7.08. The predicted molar refractivity (Wildman–Crippen MR) is 82.9 cm³/mol. The molecule has 1 aromatic heterocycles. The van der Waals surface area contributed by atoms with Gasteiger partial charge >= 0.3 is 0 Å². The monoisotopic (exact) mass is 335 g/mol. The van der Waals surface area contributed by atoms with Crippen molar-refractivity contribution in [1.29, 1.82) is 0 Å². The standard InChI is InChI=1S/C16H18BrNO2/c17-15-3-1-2-14-13(15)8-9-18-16(14)20-12-6-4-11(10-19)5-7-12/h1-3,8-9,11-12,19H,4-7,10H2. The molecule has 1 heterocycles. The number of hydrogen-bond acceptors (Lipinski definition) is 3. The summed E-state index contributed by atoms with van der Waals surface area (Å²) in [5.74, 6) is 1.17. The van der Waals surface area contributed by atoms with E-state index in [9.17, 15) is 5.11 Å². The van der Waals surface area contributed by atoms with Crippen molar-refractivity contribution in [2.45, 2.75) is 31.8 Å². The number of aromatic nitrogens is 1. The zero-order valence-corrected chi connectivity index (χ0v) is 12.8. The number of hydrogen-bond donors (Lipinski definition) is 1. The second-order valence-electron chi connectivity index (χ2n) is 5.39. The summed E-state index contributed by atoms with van der Waals surface area (Å²) < 4.78 is 7.16. The first-order valence-corrected chi connectivity index (χ1v) is 7.88. The van der Waals surface area contributed by atoms with Crippen LogP contribution in [0.1, 0.15) is 25.7 Å². The van der Waals surface area contributed by atoms with Crippen LogP contribution in [0.3, 0.4) is 0 Å². The molecule has 0 saturated heterocycles. The Morgan fingerprint density at radius 1 is 1.15 bits per heavy atom. The molecule has 2 aromatic rings. The van der Waals surface area contributed by atoms with E-state index in [4.69, 9.17) is 4.74 Å². The van der Waals surface area contributed by atoms with E-state index in [0.717, 1.165) is 46.8 Å². The number of fused-ring (bicyclic) bond motifs is 1. The van der Waals surface area contributed by atoms with E-state index in [1.807, 2.05) is 24.3 Å². The van der Waals surface area contributed by atoms with Crippen molar-refractivity contribution in [1.82, 2.24) is 4.98 Å². The molecule has 1 saturated carbocycles. The second kappa shape index (κ2) is 6.10. The average molecular weight is 336 g/mol. The fourth-order valence-corrected chi connectivity index (χ4v) is 3.32. The summed E-state index contributed by atoms with van der Waals surface area (Å²) in [4.78, 5) is 4.39. The van der Waals surface area contributed by atoms with Crippen LogP contribution in [0.4, 0.5) is 0 Å². The summed E-state index contributed by atoms with van der Waals surface area (Å²) in [6.07, 6.45) is 6.08. The Morgan fingerprint density at radius 3 is 2.70 bits per heavy atom. The number of halogens is 1. The van der Waals surface area contributed by atoms with Gasteiger partial charge in [0.1, 0.15) is 6.10 Å². The number of aliphatic hydroxyl groups excluding tert-OH is 1. The number of rotatable bonds is 3.